The second kappa shape index (κ2) is 8.61. The Morgan fingerprint density at radius 1 is 0.788 bits per heavy atom. The molecule has 0 atom stereocenters. The van der Waals surface area contributed by atoms with E-state index in [0.29, 0.717) is 6.04 Å². The van der Waals surface area contributed by atoms with Crippen LogP contribution in [-0.4, -0.2) is 66.0 Å². The molecule has 2 fully saturated rings. The first-order chi connectivity index (χ1) is 16.2. The van der Waals surface area contributed by atoms with Gasteiger partial charge in [0.25, 0.3) is 5.91 Å². The normalized spacial score (nSPS) is 17.3. The summed E-state index contributed by atoms with van der Waals surface area (Å²) in [6, 6.07) is 27.1. The Hall–Kier alpha value is -3.22. The molecule has 33 heavy (non-hydrogen) atoms. The van der Waals surface area contributed by atoms with Crippen molar-refractivity contribution in [3.63, 3.8) is 0 Å². The molecule has 166 valence electrons. The largest absolute Gasteiger partial charge is 0.345 e. The van der Waals surface area contributed by atoms with E-state index < -0.39 is 0 Å². The molecule has 2 aliphatic heterocycles. The number of hydrogen-bond donors (Lipinski definition) is 0. The maximum Gasteiger partial charge on any atom is 0.253 e. The molecule has 1 aromatic heterocycles. The standard InChI is InChI=1S/C27H26N4OS/c32-26(22-12-10-21(11-13-22)20-6-2-1-3-7-20)31-18-23(19-31)29-14-16-30(17-15-29)27-28-24-8-4-5-9-25(24)33-27/h1-13,23H,14-19H2. The zero-order valence-corrected chi connectivity index (χ0v) is 19.2. The Balaban J connectivity index is 1.02. The molecule has 0 aliphatic carbocycles. The number of carbonyl (C=O) groups excluding carboxylic acids is 1. The van der Waals surface area contributed by atoms with Crippen LogP contribution in [-0.2, 0) is 0 Å². The van der Waals surface area contributed by atoms with Gasteiger partial charge in [-0.1, -0.05) is 65.9 Å². The number of rotatable bonds is 4. The fourth-order valence-electron chi connectivity index (χ4n) is 4.74. The zero-order chi connectivity index (χ0) is 22.2. The van der Waals surface area contributed by atoms with Gasteiger partial charge >= 0.3 is 0 Å². The van der Waals surface area contributed by atoms with Crippen LogP contribution in [0.1, 0.15) is 10.4 Å². The van der Waals surface area contributed by atoms with E-state index in [1.807, 2.05) is 53.4 Å². The molecule has 0 spiro atoms. The van der Waals surface area contributed by atoms with Gasteiger partial charge in [0.15, 0.2) is 5.13 Å². The number of carbonyl (C=O) groups is 1. The fraction of sp³-hybridized carbons (Fsp3) is 0.259. The van der Waals surface area contributed by atoms with Crippen molar-refractivity contribution in [1.29, 1.82) is 0 Å². The van der Waals surface area contributed by atoms with Crippen molar-refractivity contribution in [2.75, 3.05) is 44.2 Å². The molecule has 0 unspecified atom stereocenters. The first-order valence-electron chi connectivity index (χ1n) is 11.5. The van der Waals surface area contributed by atoms with Crippen LogP contribution in [0, 0.1) is 0 Å². The number of para-hydroxylation sites is 1. The van der Waals surface area contributed by atoms with Crippen molar-refractivity contribution in [2.45, 2.75) is 6.04 Å². The SMILES string of the molecule is O=C(c1ccc(-c2ccccc2)cc1)N1CC(N2CCN(c3nc4ccccc4s3)CC2)C1. The number of thiazole rings is 1. The predicted molar refractivity (Wildman–Crippen MR) is 135 cm³/mol. The maximum absolute atomic E-state index is 12.9. The van der Waals surface area contributed by atoms with Crippen molar-refractivity contribution in [2.24, 2.45) is 0 Å². The van der Waals surface area contributed by atoms with E-state index in [1.165, 1.54) is 10.3 Å². The number of hydrogen-bond acceptors (Lipinski definition) is 5. The van der Waals surface area contributed by atoms with Gasteiger partial charge in [-0.2, -0.15) is 0 Å². The average Bonchev–Trinajstić information content (AvgIpc) is 3.29. The zero-order valence-electron chi connectivity index (χ0n) is 18.4. The van der Waals surface area contributed by atoms with E-state index in [-0.39, 0.29) is 5.91 Å². The monoisotopic (exact) mass is 454 g/mol. The number of amides is 1. The predicted octanol–water partition coefficient (Wildman–Crippen LogP) is 4.61. The van der Waals surface area contributed by atoms with Gasteiger partial charge < -0.3 is 9.80 Å². The molecule has 0 saturated carbocycles. The van der Waals surface area contributed by atoms with Crippen LogP contribution in [0.5, 0.6) is 0 Å². The quantitative estimate of drug-likeness (QED) is 0.452. The topological polar surface area (TPSA) is 39.7 Å². The van der Waals surface area contributed by atoms with Gasteiger partial charge in [0.05, 0.1) is 10.2 Å². The van der Waals surface area contributed by atoms with Gasteiger partial charge in [0, 0.05) is 50.9 Å². The van der Waals surface area contributed by atoms with Crippen LogP contribution in [0.25, 0.3) is 21.3 Å². The van der Waals surface area contributed by atoms with E-state index in [9.17, 15) is 4.79 Å². The van der Waals surface area contributed by atoms with Gasteiger partial charge in [-0.15, -0.1) is 0 Å². The lowest BCUT2D eigenvalue weighted by Crippen LogP contribution is -2.64. The lowest BCUT2D eigenvalue weighted by atomic mass is 10.0. The Kier molecular flexibility index (Phi) is 5.32. The Labute approximate surface area is 197 Å². The minimum atomic E-state index is 0.138. The summed E-state index contributed by atoms with van der Waals surface area (Å²) in [7, 11) is 0. The first-order valence-corrected chi connectivity index (χ1v) is 12.4. The highest BCUT2D eigenvalue weighted by atomic mass is 32.1. The van der Waals surface area contributed by atoms with Gasteiger partial charge in [0.2, 0.25) is 0 Å². The van der Waals surface area contributed by atoms with E-state index in [2.05, 4.69) is 40.1 Å². The molecule has 2 aliphatic rings. The Morgan fingerprint density at radius 3 is 2.18 bits per heavy atom. The van der Waals surface area contributed by atoms with Crippen molar-refractivity contribution in [3.05, 3.63) is 84.4 Å². The van der Waals surface area contributed by atoms with Crippen LogP contribution >= 0.6 is 11.3 Å². The molecule has 3 heterocycles. The van der Waals surface area contributed by atoms with Crippen molar-refractivity contribution in [1.82, 2.24) is 14.8 Å². The summed E-state index contributed by atoms with van der Waals surface area (Å²) >= 11 is 1.78. The van der Waals surface area contributed by atoms with E-state index in [4.69, 9.17) is 4.98 Å². The molecular formula is C27H26N4OS. The highest BCUT2D eigenvalue weighted by molar-refractivity contribution is 7.22. The number of likely N-dealkylation sites (tertiary alicyclic amines) is 1. The van der Waals surface area contributed by atoms with Crippen LogP contribution in [0.4, 0.5) is 5.13 Å². The molecule has 1 amide bonds. The second-order valence-electron chi connectivity index (χ2n) is 8.79. The Bertz CT molecular complexity index is 1220. The third-order valence-corrected chi connectivity index (χ3v) is 7.87. The molecule has 0 radical (unpaired) electrons. The molecule has 2 saturated heterocycles. The molecule has 5 nitrogen and oxygen atoms in total. The summed E-state index contributed by atoms with van der Waals surface area (Å²) in [6.07, 6.45) is 0. The van der Waals surface area contributed by atoms with Gasteiger partial charge in [-0.3, -0.25) is 9.69 Å². The smallest absolute Gasteiger partial charge is 0.253 e. The summed E-state index contributed by atoms with van der Waals surface area (Å²) in [5.41, 5.74) is 4.17. The average molecular weight is 455 g/mol. The van der Waals surface area contributed by atoms with Crippen LogP contribution in [0.15, 0.2) is 78.9 Å². The van der Waals surface area contributed by atoms with Crippen molar-refractivity contribution < 1.29 is 4.79 Å². The van der Waals surface area contributed by atoms with Crippen LogP contribution < -0.4 is 4.90 Å². The molecule has 0 bridgehead atoms. The molecular weight excluding hydrogens is 428 g/mol. The molecule has 6 rings (SSSR count). The molecule has 0 N–H and O–H groups in total. The van der Waals surface area contributed by atoms with Gasteiger partial charge in [-0.05, 0) is 35.4 Å². The first kappa shape index (κ1) is 20.4. The van der Waals surface area contributed by atoms with E-state index in [0.717, 1.165) is 61.0 Å². The summed E-state index contributed by atoms with van der Waals surface area (Å²) in [5, 5.41) is 1.13. The molecule has 6 heteroatoms. The summed E-state index contributed by atoms with van der Waals surface area (Å²) < 4.78 is 1.25. The van der Waals surface area contributed by atoms with E-state index >= 15 is 0 Å². The van der Waals surface area contributed by atoms with Crippen molar-refractivity contribution >= 4 is 32.6 Å². The van der Waals surface area contributed by atoms with Crippen LogP contribution in [0.2, 0.25) is 0 Å². The minimum Gasteiger partial charge on any atom is -0.345 e. The van der Waals surface area contributed by atoms with Gasteiger partial charge in [-0.25, -0.2) is 4.98 Å². The summed E-state index contributed by atoms with van der Waals surface area (Å²) in [6.45, 7) is 5.67. The second-order valence-corrected chi connectivity index (χ2v) is 9.80. The molecule has 3 aromatic carbocycles. The lowest BCUT2D eigenvalue weighted by Gasteiger charge is -2.48. The third kappa shape index (κ3) is 4.01. The number of benzene rings is 3. The molecule has 4 aromatic rings. The fourth-order valence-corrected chi connectivity index (χ4v) is 5.76. The highest BCUT2D eigenvalue weighted by Crippen LogP contribution is 2.30. The lowest BCUT2D eigenvalue weighted by molar-refractivity contribution is 0.0247. The van der Waals surface area contributed by atoms with Gasteiger partial charge in [0.1, 0.15) is 0 Å². The Morgan fingerprint density at radius 2 is 1.45 bits per heavy atom. The van der Waals surface area contributed by atoms with E-state index in [1.54, 1.807) is 11.3 Å². The van der Waals surface area contributed by atoms with Crippen molar-refractivity contribution in [3.8, 4) is 11.1 Å². The maximum atomic E-state index is 12.9. The number of piperazine rings is 1. The van der Waals surface area contributed by atoms with Crippen LogP contribution in [0.3, 0.4) is 0 Å². The number of fused-ring (bicyclic) bond motifs is 1. The number of nitrogens with zero attached hydrogens (tertiary/aromatic N) is 4. The summed E-state index contributed by atoms with van der Waals surface area (Å²) in [5.74, 6) is 0.138. The minimum absolute atomic E-state index is 0.138. The number of anilines is 1. The third-order valence-electron chi connectivity index (χ3n) is 6.77. The number of aromatic nitrogens is 1. The summed E-state index contributed by atoms with van der Waals surface area (Å²) in [4.78, 5) is 24.6. The highest BCUT2D eigenvalue weighted by Gasteiger charge is 2.36.